The van der Waals surface area contributed by atoms with E-state index in [2.05, 4.69) is 10.6 Å². The van der Waals surface area contributed by atoms with Crippen molar-refractivity contribution in [1.29, 1.82) is 0 Å². The number of ether oxygens (including phenoxy) is 1. The van der Waals surface area contributed by atoms with Crippen molar-refractivity contribution in [3.05, 3.63) is 34.9 Å². The fraction of sp³-hybridized carbons (Fsp3) is 0.529. The van der Waals surface area contributed by atoms with E-state index in [-0.39, 0.29) is 12.3 Å². The second-order valence-corrected chi connectivity index (χ2v) is 7.53. The summed E-state index contributed by atoms with van der Waals surface area (Å²) in [6, 6.07) is 7.16. The molecule has 0 aliphatic rings. The number of hydrogen-bond acceptors (Lipinski definition) is 3. The number of amides is 2. The van der Waals surface area contributed by atoms with Crippen LogP contribution in [0.3, 0.4) is 0 Å². The predicted octanol–water partition coefficient (Wildman–Crippen LogP) is 3.30. The van der Waals surface area contributed by atoms with Gasteiger partial charge in [-0.25, -0.2) is 4.79 Å². The number of rotatable bonds is 5. The monoisotopic (exact) mass is 340 g/mol. The number of carbonyl (C=O) groups is 2. The molecule has 0 atom stereocenters. The van der Waals surface area contributed by atoms with Crippen molar-refractivity contribution in [2.24, 2.45) is 0 Å². The highest BCUT2D eigenvalue weighted by molar-refractivity contribution is 6.30. The van der Waals surface area contributed by atoms with Crippen LogP contribution in [0.5, 0.6) is 0 Å². The summed E-state index contributed by atoms with van der Waals surface area (Å²) in [4.78, 5) is 23.8. The van der Waals surface area contributed by atoms with Crippen molar-refractivity contribution in [3.8, 4) is 0 Å². The highest BCUT2D eigenvalue weighted by Crippen LogP contribution is 2.11. The fourth-order valence-electron chi connectivity index (χ4n) is 1.84. The molecule has 0 aliphatic heterocycles. The Labute approximate surface area is 142 Å². The van der Waals surface area contributed by atoms with Gasteiger partial charge in [0.25, 0.3) is 0 Å². The Bertz CT molecular complexity index is 565. The van der Waals surface area contributed by atoms with Crippen molar-refractivity contribution in [3.63, 3.8) is 0 Å². The summed E-state index contributed by atoms with van der Waals surface area (Å²) in [6.45, 7) is 9.32. The summed E-state index contributed by atoms with van der Waals surface area (Å²) in [5, 5.41) is 6.15. The number of nitrogens with one attached hydrogen (secondary N) is 2. The molecule has 6 heteroatoms. The maximum absolute atomic E-state index is 12.0. The molecule has 2 amide bonds. The largest absolute Gasteiger partial charge is 0.444 e. The first kappa shape index (κ1) is 19.3. The molecule has 23 heavy (non-hydrogen) atoms. The van der Waals surface area contributed by atoms with Gasteiger partial charge in [0, 0.05) is 11.6 Å². The molecule has 1 aromatic carbocycles. The molecule has 0 radical (unpaired) electrons. The van der Waals surface area contributed by atoms with E-state index < -0.39 is 17.2 Å². The molecule has 0 aliphatic carbocycles. The zero-order valence-corrected chi connectivity index (χ0v) is 15.1. The Hall–Kier alpha value is -1.75. The molecule has 0 unspecified atom stereocenters. The van der Waals surface area contributed by atoms with Gasteiger partial charge < -0.3 is 15.4 Å². The SMILES string of the molecule is CC(C)(CNC(=O)Cc1cccc(Cl)c1)NC(=O)OC(C)(C)C. The predicted molar refractivity (Wildman–Crippen MR) is 91.6 cm³/mol. The average Bonchev–Trinajstić information content (AvgIpc) is 2.33. The molecular weight excluding hydrogens is 316 g/mol. The average molecular weight is 341 g/mol. The lowest BCUT2D eigenvalue weighted by atomic mass is 10.1. The van der Waals surface area contributed by atoms with E-state index in [9.17, 15) is 9.59 Å². The van der Waals surface area contributed by atoms with Crippen LogP contribution in [0.2, 0.25) is 5.02 Å². The van der Waals surface area contributed by atoms with Crippen LogP contribution in [-0.4, -0.2) is 29.7 Å². The van der Waals surface area contributed by atoms with Crippen molar-refractivity contribution in [2.45, 2.75) is 52.2 Å². The van der Waals surface area contributed by atoms with E-state index in [0.717, 1.165) is 5.56 Å². The lowest BCUT2D eigenvalue weighted by Gasteiger charge is -2.28. The van der Waals surface area contributed by atoms with Crippen molar-refractivity contribution in [2.75, 3.05) is 6.54 Å². The van der Waals surface area contributed by atoms with Crippen LogP contribution in [0.25, 0.3) is 0 Å². The van der Waals surface area contributed by atoms with Crippen molar-refractivity contribution < 1.29 is 14.3 Å². The van der Waals surface area contributed by atoms with Gasteiger partial charge in [-0.2, -0.15) is 0 Å². The van der Waals surface area contributed by atoms with Gasteiger partial charge in [0.1, 0.15) is 5.60 Å². The lowest BCUT2D eigenvalue weighted by Crippen LogP contribution is -2.52. The quantitative estimate of drug-likeness (QED) is 0.864. The molecule has 0 aromatic heterocycles. The highest BCUT2D eigenvalue weighted by atomic mass is 35.5. The van der Waals surface area contributed by atoms with Crippen LogP contribution in [0.4, 0.5) is 4.79 Å². The number of alkyl carbamates (subject to hydrolysis) is 1. The Morgan fingerprint density at radius 2 is 1.83 bits per heavy atom. The molecule has 0 saturated carbocycles. The van der Waals surface area contributed by atoms with Crippen LogP contribution in [-0.2, 0) is 16.0 Å². The third-order valence-electron chi connectivity index (χ3n) is 2.82. The van der Waals surface area contributed by atoms with Gasteiger partial charge in [-0.05, 0) is 52.3 Å². The third kappa shape index (κ3) is 8.45. The normalized spacial score (nSPS) is 11.7. The maximum Gasteiger partial charge on any atom is 0.408 e. The molecule has 5 nitrogen and oxygen atoms in total. The molecule has 1 aromatic rings. The zero-order valence-electron chi connectivity index (χ0n) is 14.3. The molecule has 0 spiro atoms. The molecule has 0 saturated heterocycles. The molecule has 0 bridgehead atoms. The summed E-state index contributed by atoms with van der Waals surface area (Å²) in [6.07, 6.45) is -0.269. The Kier molecular flexibility index (Phi) is 6.45. The Morgan fingerprint density at radius 3 is 2.39 bits per heavy atom. The standard InChI is InChI=1S/C17H25ClN2O3/c1-16(2,3)23-15(22)20-17(4,5)11-19-14(21)10-12-7-6-8-13(18)9-12/h6-9H,10-11H2,1-5H3,(H,19,21)(H,20,22). The zero-order chi connectivity index (χ0) is 17.7. The van der Waals surface area contributed by atoms with Gasteiger partial charge >= 0.3 is 6.09 Å². The van der Waals surface area contributed by atoms with Crippen LogP contribution >= 0.6 is 11.6 Å². The van der Waals surface area contributed by atoms with Crippen molar-refractivity contribution >= 4 is 23.6 Å². The van der Waals surface area contributed by atoms with Crippen LogP contribution in [0, 0.1) is 0 Å². The summed E-state index contributed by atoms with van der Waals surface area (Å²) < 4.78 is 5.21. The topological polar surface area (TPSA) is 67.4 Å². The first-order valence-electron chi connectivity index (χ1n) is 7.49. The highest BCUT2D eigenvalue weighted by Gasteiger charge is 2.25. The van der Waals surface area contributed by atoms with Gasteiger partial charge in [-0.1, -0.05) is 23.7 Å². The molecule has 2 N–H and O–H groups in total. The fourth-order valence-corrected chi connectivity index (χ4v) is 2.05. The molecule has 128 valence electrons. The first-order valence-corrected chi connectivity index (χ1v) is 7.87. The van der Waals surface area contributed by atoms with Crippen LogP contribution in [0.15, 0.2) is 24.3 Å². The van der Waals surface area contributed by atoms with Gasteiger partial charge in [-0.3, -0.25) is 4.79 Å². The summed E-state index contributed by atoms with van der Waals surface area (Å²) in [7, 11) is 0. The molecular formula is C17H25ClN2O3. The Morgan fingerprint density at radius 1 is 1.17 bits per heavy atom. The van der Waals surface area contributed by atoms with Crippen LogP contribution < -0.4 is 10.6 Å². The Balaban J connectivity index is 2.45. The van der Waals surface area contributed by atoms with Gasteiger partial charge in [0.05, 0.1) is 12.0 Å². The number of halogens is 1. The van der Waals surface area contributed by atoms with E-state index in [1.165, 1.54) is 0 Å². The van der Waals surface area contributed by atoms with E-state index in [0.29, 0.717) is 11.6 Å². The first-order chi connectivity index (χ1) is 10.5. The van der Waals surface area contributed by atoms with E-state index >= 15 is 0 Å². The van der Waals surface area contributed by atoms with Crippen LogP contribution in [0.1, 0.15) is 40.2 Å². The maximum atomic E-state index is 12.0. The minimum atomic E-state index is -0.619. The van der Waals surface area contributed by atoms with Gasteiger partial charge in [-0.15, -0.1) is 0 Å². The smallest absolute Gasteiger partial charge is 0.408 e. The minimum absolute atomic E-state index is 0.133. The van der Waals surface area contributed by atoms with Gasteiger partial charge in [0.15, 0.2) is 0 Å². The minimum Gasteiger partial charge on any atom is -0.444 e. The number of hydrogen-bond donors (Lipinski definition) is 2. The molecule has 1 rings (SSSR count). The summed E-state index contributed by atoms with van der Waals surface area (Å²) in [5.41, 5.74) is -0.338. The third-order valence-corrected chi connectivity index (χ3v) is 3.06. The van der Waals surface area contributed by atoms with Crippen molar-refractivity contribution in [1.82, 2.24) is 10.6 Å². The number of carbonyl (C=O) groups excluding carboxylic acids is 2. The second-order valence-electron chi connectivity index (χ2n) is 7.09. The van der Waals surface area contributed by atoms with E-state index in [4.69, 9.17) is 16.3 Å². The summed E-state index contributed by atoms with van der Waals surface area (Å²) in [5.74, 6) is -0.133. The van der Waals surface area contributed by atoms with Gasteiger partial charge in [0.2, 0.25) is 5.91 Å². The lowest BCUT2D eigenvalue weighted by molar-refractivity contribution is -0.120. The summed E-state index contributed by atoms with van der Waals surface area (Å²) >= 11 is 5.89. The van der Waals surface area contributed by atoms with E-state index in [1.54, 1.807) is 39.0 Å². The van der Waals surface area contributed by atoms with E-state index in [1.807, 2.05) is 19.9 Å². The number of benzene rings is 1. The molecule has 0 fully saturated rings. The molecule has 0 heterocycles. The second kappa shape index (κ2) is 7.68.